The van der Waals surface area contributed by atoms with Gasteiger partial charge in [-0.15, -0.1) is 0 Å². The Kier molecular flexibility index (Phi) is 4.94. The number of furan rings is 1. The first-order chi connectivity index (χ1) is 11.8. The molecule has 5 nitrogen and oxygen atoms in total. The van der Waals surface area contributed by atoms with Crippen LogP contribution in [0.2, 0.25) is 4.71 Å². The second-order valence-corrected chi connectivity index (χ2v) is 13.6. The van der Waals surface area contributed by atoms with Crippen molar-refractivity contribution in [2.24, 2.45) is 5.92 Å². The Morgan fingerprint density at radius 1 is 1.12 bits per heavy atom. The second kappa shape index (κ2) is 6.85. The number of hydrogen-bond acceptors (Lipinski definition) is 4. The van der Waals surface area contributed by atoms with Crippen LogP contribution in [-0.4, -0.2) is 34.1 Å². The molecular formula is C18H18AsO5S. The Hall–Kier alpha value is -1.78. The summed E-state index contributed by atoms with van der Waals surface area (Å²) < 4.78 is 30.4. The van der Waals surface area contributed by atoms with Crippen LogP contribution in [0.15, 0.2) is 51.8 Å². The van der Waals surface area contributed by atoms with Gasteiger partial charge < -0.3 is 0 Å². The van der Waals surface area contributed by atoms with Crippen molar-refractivity contribution >= 4 is 50.6 Å². The summed E-state index contributed by atoms with van der Waals surface area (Å²) in [7, 11) is -3.62. The van der Waals surface area contributed by atoms with Crippen molar-refractivity contribution in [3.8, 4) is 0 Å². The van der Waals surface area contributed by atoms with Gasteiger partial charge in [-0.1, -0.05) is 0 Å². The van der Waals surface area contributed by atoms with Gasteiger partial charge in [0.2, 0.25) is 0 Å². The Labute approximate surface area is 151 Å². The van der Waals surface area contributed by atoms with Crippen LogP contribution < -0.4 is 0 Å². The van der Waals surface area contributed by atoms with Gasteiger partial charge in [0, 0.05) is 0 Å². The van der Waals surface area contributed by atoms with E-state index in [9.17, 15) is 18.3 Å². The number of para-hydroxylation sites is 1. The van der Waals surface area contributed by atoms with E-state index in [4.69, 9.17) is 4.42 Å². The summed E-state index contributed by atoms with van der Waals surface area (Å²) in [5.74, 6) is -0.904. The van der Waals surface area contributed by atoms with Gasteiger partial charge in [0.05, 0.1) is 0 Å². The fourth-order valence-corrected chi connectivity index (χ4v) is 9.45. The Morgan fingerprint density at radius 2 is 1.80 bits per heavy atom. The van der Waals surface area contributed by atoms with Gasteiger partial charge in [-0.3, -0.25) is 0 Å². The van der Waals surface area contributed by atoms with E-state index in [0.717, 1.165) is 10.8 Å². The average molecular weight is 421 g/mol. The normalized spacial score (nSPS) is 14.0. The van der Waals surface area contributed by atoms with Crippen LogP contribution >= 0.6 is 0 Å². The summed E-state index contributed by atoms with van der Waals surface area (Å²) in [5, 5.41) is 10.9. The van der Waals surface area contributed by atoms with E-state index < -0.39 is 33.4 Å². The van der Waals surface area contributed by atoms with Crippen molar-refractivity contribution in [3.63, 3.8) is 0 Å². The summed E-state index contributed by atoms with van der Waals surface area (Å²) in [6.45, 7) is 3.79. The average Bonchev–Trinajstić information content (AvgIpc) is 2.91. The van der Waals surface area contributed by atoms with E-state index in [0.29, 0.717) is 17.6 Å². The summed E-state index contributed by atoms with van der Waals surface area (Å²) in [6, 6.07) is 12.2. The maximum absolute atomic E-state index is 12.8. The van der Waals surface area contributed by atoms with Crippen molar-refractivity contribution in [2.75, 3.05) is 0 Å². The standard InChI is InChI=1S/C18H18AsO5S/c1-11(2)9-15(18(20)21)19-25(22,23)12-7-8-17-14(10-12)13-5-3-4-6-16(13)24-17/h3-8,10-11,15H,9H2,1-2H3,(H,20,21). The van der Waals surface area contributed by atoms with Gasteiger partial charge in [0.15, 0.2) is 0 Å². The van der Waals surface area contributed by atoms with Crippen LogP contribution in [0.5, 0.6) is 0 Å². The third-order valence-electron chi connectivity index (χ3n) is 3.89. The minimum absolute atomic E-state index is 0.131. The van der Waals surface area contributed by atoms with E-state index in [1.807, 2.05) is 38.1 Å². The Morgan fingerprint density at radius 3 is 2.48 bits per heavy atom. The molecule has 3 rings (SSSR count). The first-order valence-corrected chi connectivity index (χ1v) is 12.7. The molecular weight excluding hydrogens is 403 g/mol. The van der Waals surface area contributed by atoms with Crippen LogP contribution in [0, 0.1) is 5.92 Å². The first kappa shape index (κ1) is 18.0. The van der Waals surface area contributed by atoms with Crippen molar-refractivity contribution in [2.45, 2.75) is 29.9 Å². The molecule has 0 spiro atoms. The number of benzene rings is 2. The topological polar surface area (TPSA) is 84.6 Å². The molecule has 0 saturated heterocycles. The van der Waals surface area contributed by atoms with Gasteiger partial charge >= 0.3 is 152 Å². The Balaban J connectivity index is 2.01. The van der Waals surface area contributed by atoms with Crippen LogP contribution in [0.3, 0.4) is 0 Å². The molecule has 0 aliphatic heterocycles. The number of carbonyl (C=O) groups is 1. The number of aliphatic carboxylic acids is 1. The molecule has 1 unspecified atom stereocenters. The zero-order chi connectivity index (χ0) is 18.2. The molecule has 1 atom stereocenters. The number of hydrogen-bond donors (Lipinski definition) is 1. The monoisotopic (exact) mass is 421 g/mol. The molecule has 0 aliphatic rings. The third-order valence-corrected chi connectivity index (χ3v) is 10.9. The molecule has 2 aromatic carbocycles. The SMILES string of the molecule is CC(C)CC([As]S(=O)(=O)c1ccc2oc3ccccc3c2c1)C(=O)O. The molecule has 3 aromatic rings. The molecule has 0 saturated carbocycles. The van der Waals surface area contributed by atoms with Crippen molar-refractivity contribution in [3.05, 3.63) is 42.5 Å². The van der Waals surface area contributed by atoms with Gasteiger partial charge in [-0.25, -0.2) is 0 Å². The fourth-order valence-electron chi connectivity index (χ4n) is 2.73. The molecule has 25 heavy (non-hydrogen) atoms. The summed E-state index contributed by atoms with van der Waals surface area (Å²) in [6.07, 6.45) is 0.367. The van der Waals surface area contributed by atoms with Crippen LogP contribution in [0.25, 0.3) is 21.9 Å². The van der Waals surface area contributed by atoms with Crippen LogP contribution in [0.1, 0.15) is 20.3 Å². The zero-order valence-electron chi connectivity index (χ0n) is 13.8. The first-order valence-electron chi connectivity index (χ1n) is 7.89. The number of fused-ring (bicyclic) bond motifs is 3. The minimum atomic E-state index is -3.62. The molecule has 7 heteroatoms. The maximum atomic E-state index is 12.8. The molecule has 0 aliphatic carbocycles. The van der Waals surface area contributed by atoms with Crippen molar-refractivity contribution < 1.29 is 22.7 Å². The molecule has 1 heterocycles. The zero-order valence-corrected chi connectivity index (χ0v) is 16.5. The van der Waals surface area contributed by atoms with E-state index >= 15 is 0 Å². The number of rotatable bonds is 6. The molecule has 0 fully saturated rings. The van der Waals surface area contributed by atoms with Crippen LogP contribution in [-0.2, 0) is 12.9 Å². The molecule has 0 bridgehead atoms. The molecule has 0 amide bonds. The van der Waals surface area contributed by atoms with E-state index in [1.54, 1.807) is 12.1 Å². The van der Waals surface area contributed by atoms with Crippen LogP contribution in [0.4, 0.5) is 0 Å². The predicted molar refractivity (Wildman–Crippen MR) is 97.5 cm³/mol. The molecule has 1 N–H and O–H groups in total. The Bertz CT molecular complexity index is 1040. The fraction of sp³-hybridized carbons (Fsp3) is 0.278. The third kappa shape index (κ3) is 3.75. The molecule has 1 radical (unpaired) electrons. The van der Waals surface area contributed by atoms with E-state index in [2.05, 4.69) is 0 Å². The summed E-state index contributed by atoms with van der Waals surface area (Å²) >= 11 is -1.41. The molecule has 131 valence electrons. The predicted octanol–water partition coefficient (Wildman–Crippen LogP) is 3.90. The van der Waals surface area contributed by atoms with E-state index in [-0.39, 0.29) is 10.8 Å². The van der Waals surface area contributed by atoms with Gasteiger partial charge in [0.25, 0.3) is 0 Å². The summed E-state index contributed by atoms with van der Waals surface area (Å²) in [4.78, 5) is 11.6. The molecule has 1 aromatic heterocycles. The van der Waals surface area contributed by atoms with Gasteiger partial charge in [0.1, 0.15) is 0 Å². The van der Waals surface area contributed by atoms with Gasteiger partial charge in [-0.05, 0) is 0 Å². The van der Waals surface area contributed by atoms with Crippen molar-refractivity contribution in [1.82, 2.24) is 0 Å². The second-order valence-electron chi connectivity index (χ2n) is 6.32. The van der Waals surface area contributed by atoms with Gasteiger partial charge in [-0.2, -0.15) is 0 Å². The number of carboxylic acids is 1. The quantitative estimate of drug-likeness (QED) is 0.611. The van der Waals surface area contributed by atoms with Crippen molar-refractivity contribution in [1.29, 1.82) is 0 Å². The number of carboxylic acid groups (broad SMARTS) is 1. The van der Waals surface area contributed by atoms with E-state index in [1.165, 1.54) is 6.07 Å². The summed E-state index contributed by atoms with van der Waals surface area (Å²) in [5.41, 5.74) is 1.32.